The molecule has 0 unspecified atom stereocenters. The Kier molecular flexibility index (Phi) is 10.6. The smallest absolute Gasteiger partial charge is 0.240 e. The standard InChI is InChI=1S/C18H30N2OS/c1-3-4-5-6-7-8-9-10-11-12-18(21)20-19-15-17-13-14-22-16(17)2/h13-15H,3-12H2,1-2H3,(H,20,21)/b19-15+. The van der Waals surface area contributed by atoms with Crippen molar-refractivity contribution >= 4 is 23.5 Å². The lowest BCUT2D eigenvalue weighted by Crippen LogP contribution is -2.16. The highest BCUT2D eigenvalue weighted by Gasteiger charge is 2.00. The molecule has 0 spiro atoms. The lowest BCUT2D eigenvalue weighted by molar-refractivity contribution is -0.121. The average molecular weight is 323 g/mol. The van der Waals surface area contributed by atoms with Crippen molar-refractivity contribution < 1.29 is 4.79 Å². The summed E-state index contributed by atoms with van der Waals surface area (Å²) < 4.78 is 0. The van der Waals surface area contributed by atoms with E-state index in [1.807, 2.05) is 11.4 Å². The molecule has 3 nitrogen and oxygen atoms in total. The summed E-state index contributed by atoms with van der Waals surface area (Å²) in [6.07, 6.45) is 13.7. The van der Waals surface area contributed by atoms with E-state index in [0.717, 1.165) is 18.4 Å². The van der Waals surface area contributed by atoms with E-state index in [-0.39, 0.29) is 5.91 Å². The minimum atomic E-state index is 0.0204. The molecule has 1 heterocycles. The highest BCUT2D eigenvalue weighted by atomic mass is 32.1. The van der Waals surface area contributed by atoms with Crippen molar-refractivity contribution in [1.29, 1.82) is 0 Å². The number of hydrogen-bond acceptors (Lipinski definition) is 3. The van der Waals surface area contributed by atoms with Crippen molar-refractivity contribution in [3.8, 4) is 0 Å². The Balaban J connectivity index is 1.95. The molecule has 1 rings (SSSR count). The molecule has 0 saturated heterocycles. The summed E-state index contributed by atoms with van der Waals surface area (Å²) in [7, 11) is 0. The van der Waals surface area contributed by atoms with E-state index >= 15 is 0 Å². The number of aryl methyl sites for hydroxylation is 1. The van der Waals surface area contributed by atoms with Crippen molar-refractivity contribution in [3.63, 3.8) is 0 Å². The van der Waals surface area contributed by atoms with Gasteiger partial charge in [0.15, 0.2) is 0 Å². The maximum absolute atomic E-state index is 11.6. The Morgan fingerprint density at radius 1 is 1.14 bits per heavy atom. The molecule has 1 N–H and O–H groups in total. The van der Waals surface area contributed by atoms with Gasteiger partial charge in [0, 0.05) is 16.9 Å². The predicted octanol–water partition coefficient (Wildman–Crippen LogP) is 5.43. The van der Waals surface area contributed by atoms with Crippen LogP contribution in [-0.4, -0.2) is 12.1 Å². The minimum Gasteiger partial charge on any atom is -0.273 e. The number of amides is 1. The first-order valence-electron chi connectivity index (χ1n) is 8.60. The lowest BCUT2D eigenvalue weighted by Gasteiger charge is -2.02. The summed E-state index contributed by atoms with van der Waals surface area (Å²) in [6, 6.07) is 2.01. The van der Waals surface area contributed by atoms with E-state index in [0.29, 0.717) is 6.42 Å². The predicted molar refractivity (Wildman–Crippen MR) is 96.6 cm³/mol. The van der Waals surface area contributed by atoms with Gasteiger partial charge in [-0.3, -0.25) is 4.79 Å². The van der Waals surface area contributed by atoms with Crippen LogP contribution in [0.15, 0.2) is 16.5 Å². The highest BCUT2D eigenvalue weighted by Crippen LogP contribution is 2.12. The van der Waals surface area contributed by atoms with Gasteiger partial charge in [-0.2, -0.15) is 5.10 Å². The van der Waals surface area contributed by atoms with Gasteiger partial charge in [0.2, 0.25) is 5.91 Å². The Morgan fingerprint density at radius 3 is 2.36 bits per heavy atom. The van der Waals surface area contributed by atoms with Crippen LogP contribution in [-0.2, 0) is 4.79 Å². The van der Waals surface area contributed by atoms with Gasteiger partial charge in [-0.25, -0.2) is 5.43 Å². The van der Waals surface area contributed by atoms with Gasteiger partial charge in [-0.05, 0) is 24.8 Å². The molecule has 0 aliphatic heterocycles. The Bertz CT molecular complexity index is 440. The molecule has 1 aromatic rings. The summed E-state index contributed by atoms with van der Waals surface area (Å²) >= 11 is 1.69. The van der Waals surface area contributed by atoms with Gasteiger partial charge >= 0.3 is 0 Å². The van der Waals surface area contributed by atoms with E-state index in [2.05, 4.69) is 24.4 Å². The molecule has 0 fully saturated rings. The summed E-state index contributed by atoms with van der Waals surface area (Å²) in [6.45, 7) is 4.30. The van der Waals surface area contributed by atoms with Crippen LogP contribution in [0.2, 0.25) is 0 Å². The first-order valence-corrected chi connectivity index (χ1v) is 9.48. The number of carbonyl (C=O) groups is 1. The van der Waals surface area contributed by atoms with E-state index < -0.39 is 0 Å². The number of nitrogens with one attached hydrogen (secondary N) is 1. The second kappa shape index (κ2) is 12.4. The third-order valence-electron chi connectivity index (χ3n) is 3.80. The zero-order valence-electron chi connectivity index (χ0n) is 14.1. The van der Waals surface area contributed by atoms with Gasteiger partial charge in [-0.15, -0.1) is 11.3 Å². The number of unbranched alkanes of at least 4 members (excludes halogenated alkanes) is 8. The second-order valence-corrected chi connectivity index (χ2v) is 6.92. The summed E-state index contributed by atoms with van der Waals surface area (Å²) in [4.78, 5) is 12.9. The first kappa shape index (κ1) is 18.9. The normalized spacial score (nSPS) is 11.2. The topological polar surface area (TPSA) is 41.5 Å². The number of nitrogens with zero attached hydrogens (tertiary/aromatic N) is 1. The fourth-order valence-electron chi connectivity index (χ4n) is 2.35. The molecule has 4 heteroatoms. The lowest BCUT2D eigenvalue weighted by atomic mass is 10.1. The molecule has 0 aliphatic carbocycles. The van der Waals surface area contributed by atoms with E-state index in [1.165, 1.54) is 49.8 Å². The highest BCUT2D eigenvalue weighted by molar-refractivity contribution is 7.10. The van der Waals surface area contributed by atoms with E-state index in [9.17, 15) is 4.79 Å². The molecule has 0 saturated carbocycles. The van der Waals surface area contributed by atoms with Crippen LogP contribution < -0.4 is 5.43 Å². The fraction of sp³-hybridized carbons (Fsp3) is 0.667. The van der Waals surface area contributed by atoms with Crippen LogP contribution in [0.4, 0.5) is 0 Å². The summed E-state index contributed by atoms with van der Waals surface area (Å²) in [5, 5.41) is 6.04. The molecular weight excluding hydrogens is 292 g/mol. The van der Waals surface area contributed by atoms with Crippen LogP contribution in [0.25, 0.3) is 0 Å². The molecule has 1 amide bonds. The number of carbonyl (C=O) groups excluding carboxylic acids is 1. The largest absolute Gasteiger partial charge is 0.273 e. The Morgan fingerprint density at radius 2 is 1.77 bits per heavy atom. The van der Waals surface area contributed by atoms with Gasteiger partial charge in [0.05, 0.1) is 6.21 Å². The summed E-state index contributed by atoms with van der Waals surface area (Å²) in [5.74, 6) is 0.0204. The van der Waals surface area contributed by atoms with E-state index in [4.69, 9.17) is 0 Å². The molecule has 124 valence electrons. The quantitative estimate of drug-likeness (QED) is 0.311. The zero-order valence-corrected chi connectivity index (χ0v) is 14.9. The minimum absolute atomic E-state index is 0.0204. The van der Waals surface area contributed by atoms with E-state index in [1.54, 1.807) is 17.6 Å². The SMILES string of the molecule is CCCCCCCCCCCC(=O)N/N=C/c1ccsc1C. The molecule has 22 heavy (non-hydrogen) atoms. The third kappa shape index (κ3) is 8.98. The van der Waals surface area contributed by atoms with Crippen LogP contribution >= 0.6 is 11.3 Å². The number of rotatable bonds is 12. The van der Waals surface area contributed by atoms with Gasteiger partial charge in [-0.1, -0.05) is 58.3 Å². The maximum Gasteiger partial charge on any atom is 0.240 e. The van der Waals surface area contributed by atoms with Crippen LogP contribution in [0.5, 0.6) is 0 Å². The molecule has 1 aromatic heterocycles. The number of hydrazone groups is 1. The number of hydrogen-bond donors (Lipinski definition) is 1. The van der Waals surface area contributed by atoms with Crippen molar-refractivity contribution in [2.24, 2.45) is 5.10 Å². The Labute approximate surface area is 139 Å². The van der Waals surface area contributed by atoms with Crippen molar-refractivity contribution in [2.45, 2.75) is 78.1 Å². The van der Waals surface area contributed by atoms with Gasteiger partial charge in [0.25, 0.3) is 0 Å². The van der Waals surface area contributed by atoms with Crippen molar-refractivity contribution in [2.75, 3.05) is 0 Å². The monoisotopic (exact) mass is 322 g/mol. The maximum atomic E-state index is 11.6. The molecule has 0 aromatic carbocycles. The molecule has 0 atom stereocenters. The summed E-state index contributed by atoms with van der Waals surface area (Å²) in [5.41, 5.74) is 3.69. The fourth-order valence-corrected chi connectivity index (χ4v) is 3.03. The van der Waals surface area contributed by atoms with Crippen LogP contribution in [0, 0.1) is 6.92 Å². The van der Waals surface area contributed by atoms with Crippen LogP contribution in [0.3, 0.4) is 0 Å². The Hall–Kier alpha value is -1.16. The third-order valence-corrected chi connectivity index (χ3v) is 4.66. The van der Waals surface area contributed by atoms with Crippen LogP contribution in [0.1, 0.15) is 81.6 Å². The average Bonchev–Trinajstić information content (AvgIpc) is 2.91. The van der Waals surface area contributed by atoms with Crippen molar-refractivity contribution in [1.82, 2.24) is 5.43 Å². The zero-order chi connectivity index (χ0) is 16.0. The first-order chi connectivity index (χ1) is 10.7. The van der Waals surface area contributed by atoms with Crippen molar-refractivity contribution in [3.05, 3.63) is 21.9 Å². The molecular formula is C18H30N2OS. The van der Waals surface area contributed by atoms with Gasteiger partial charge in [0.1, 0.15) is 0 Å². The molecule has 0 bridgehead atoms. The van der Waals surface area contributed by atoms with Gasteiger partial charge < -0.3 is 0 Å². The number of thiophene rings is 1. The molecule has 0 radical (unpaired) electrons. The molecule has 0 aliphatic rings. The second-order valence-electron chi connectivity index (χ2n) is 5.80.